The highest BCUT2D eigenvalue weighted by Crippen LogP contribution is 2.31. The fourth-order valence-corrected chi connectivity index (χ4v) is 3.85. The van der Waals surface area contributed by atoms with Gasteiger partial charge in [0.05, 0.1) is 17.0 Å². The largest absolute Gasteiger partial charge is 0.360 e. The lowest BCUT2D eigenvalue weighted by molar-refractivity contribution is 0.0729. The Morgan fingerprint density at radius 3 is 2.74 bits per heavy atom. The fraction of sp³-hybridized carbons (Fsp3) is 0.211. The normalized spacial score (nSPS) is 13.5. The summed E-state index contributed by atoms with van der Waals surface area (Å²) in [5.74, 6) is -1.55. The summed E-state index contributed by atoms with van der Waals surface area (Å²) in [5.41, 5.74) is 1.93. The molecule has 4 rings (SSSR count). The Balaban J connectivity index is 1.62. The number of Topliss-reactive ketones (excluding diaryl/α,β-unsaturated/α-hetero) is 1. The molecule has 0 fully saturated rings. The average molecular weight is 388 g/mol. The van der Waals surface area contributed by atoms with Gasteiger partial charge in [-0.3, -0.25) is 9.59 Å². The lowest BCUT2D eigenvalue weighted by Gasteiger charge is -2.26. The predicted octanol–water partition coefficient (Wildman–Crippen LogP) is 4.08. The lowest BCUT2D eigenvalue weighted by Crippen LogP contribution is -2.35. The highest BCUT2D eigenvalue weighted by Gasteiger charge is 2.29. The third kappa shape index (κ3) is 3.16. The van der Waals surface area contributed by atoms with Gasteiger partial charge in [-0.1, -0.05) is 5.16 Å². The molecular formula is C19H14F2N2O3S. The number of ketones is 1. The second-order valence-electron chi connectivity index (χ2n) is 6.29. The van der Waals surface area contributed by atoms with Crippen molar-refractivity contribution in [2.75, 3.05) is 6.54 Å². The third-order valence-electron chi connectivity index (χ3n) is 4.50. The zero-order valence-electron chi connectivity index (χ0n) is 14.3. The molecule has 0 saturated heterocycles. The molecule has 8 heteroatoms. The minimum absolute atomic E-state index is 0.0837. The van der Waals surface area contributed by atoms with Gasteiger partial charge in [-0.2, -0.15) is 0 Å². The molecule has 0 radical (unpaired) electrons. The SMILES string of the molecule is CC(=O)c1cc(C(=O)N2CCc3onc(-c4ccc(F)c(F)c4)c3C2)cs1. The summed E-state index contributed by atoms with van der Waals surface area (Å²) in [5, 5.41) is 5.65. The molecule has 0 atom stereocenters. The van der Waals surface area contributed by atoms with Crippen LogP contribution in [0, 0.1) is 11.6 Å². The summed E-state index contributed by atoms with van der Waals surface area (Å²) in [6.45, 7) is 2.15. The zero-order valence-corrected chi connectivity index (χ0v) is 15.1. The maximum atomic E-state index is 13.6. The van der Waals surface area contributed by atoms with Gasteiger partial charge in [-0.25, -0.2) is 8.78 Å². The van der Waals surface area contributed by atoms with Crippen LogP contribution in [-0.2, 0) is 13.0 Å². The molecule has 2 aromatic heterocycles. The number of fused-ring (bicyclic) bond motifs is 1. The summed E-state index contributed by atoms with van der Waals surface area (Å²) < 4.78 is 32.1. The van der Waals surface area contributed by atoms with Crippen LogP contribution in [0.5, 0.6) is 0 Å². The number of hydrogen-bond acceptors (Lipinski definition) is 5. The molecule has 138 valence electrons. The number of hydrogen-bond donors (Lipinski definition) is 0. The number of halogens is 2. The standard InChI is InChI=1S/C19H14F2N2O3S/c1-10(24)17-7-12(9-27-17)19(25)23-5-4-16-13(8-23)18(22-26-16)11-2-3-14(20)15(21)6-11/h2-3,6-7,9H,4-5,8H2,1H3. The maximum Gasteiger partial charge on any atom is 0.255 e. The van der Waals surface area contributed by atoms with Crippen molar-refractivity contribution in [1.82, 2.24) is 10.1 Å². The molecule has 0 spiro atoms. The second kappa shape index (κ2) is 6.70. The predicted molar refractivity (Wildman–Crippen MR) is 94.6 cm³/mol. The molecule has 0 aliphatic carbocycles. The summed E-state index contributed by atoms with van der Waals surface area (Å²) in [6.07, 6.45) is 0.474. The van der Waals surface area contributed by atoms with E-state index in [-0.39, 0.29) is 18.2 Å². The van der Waals surface area contributed by atoms with Crippen LogP contribution in [0.15, 0.2) is 34.2 Å². The molecule has 3 aromatic rings. The van der Waals surface area contributed by atoms with Gasteiger partial charge in [-0.15, -0.1) is 11.3 Å². The third-order valence-corrected chi connectivity index (χ3v) is 5.53. The maximum absolute atomic E-state index is 13.6. The average Bonchev–Trinajstić information content (AvgIpc) is 3.30. The highest BCUT2D eigenvalue weighted by atomic mass is 32.1. The number of nitrogens with zero attached hydrogens (tertiary/aromatic N) is 2. The van der Waals surface area contributed by atoms with Crippen molar-refractivity contribution in [3.63, 3.8) is 0 Å². The number of carbonyl (C=O) groups is 2. The smallest absolute Gasteiger partial charge is 0.255 e. The van der Waals surface area contributed by atoms with Crippen LogP contribution >= 0.6 is 11.3 Å². The van der Waals surface area contributed by atoms with E-state index in [2.05, 4.69) is 5.16 Å². The Bertz CT molecular complexity index is 1060. The summed E-state index contributed by atoms with van der Waals surface area (Å²) in [4.78, 5) is 26.4. The highest BCUT2D eigenvalue weighted by molar-refractivity contribution is 7.12. The van der Waals surface area contributed by atoms with E-state index in [4.69, 9.17) is 4.52 Å². The van der Waals surface area contributed by atoms with Crippen molar-refractivity contribution >= 4 is 23.0 Å². The van der Waals surface area contributed by atoms with Crippen molar-refractivity contribution in [2.45, 2.75) is 19.9 Å². The van der Waals surface area contributed by atoms with E-state index >= 15 is 0 Å². The van der Waals surface area contributed by atoms with Crippen LogP contribution in [0.1, 0.15) is 38.3 Å². The molecule has 1 aromatic carbocycles. The molecule has 0 saturated carbocycles. The molecule has 27 heavy (non-hydrogen) atoms. The van der Waals surface area contributed by atoms with Crippen LogP contribution in [0.4, 0.5) is 8.78 Å². The molecule has 5 nitrogen and oxygen atoms in total. The first kappa shape index (κ1) is 17.5. The molecule has 3 heterocycles. The second-order valence-corrected chi connectivity index (χ2v) is 7.21. The lowest BCUT2D eigenvalue weighted by atomic mass is 10.0. The molecule has 1 aliphatic rings. The van der Waals surface area contributed by atoms with E-state index in [0.717, 1.165) is 12.1 Å². The number of aromatic nitrogens is 1. The number of carbonyl (C=O) groups excluding carboxylic acids is 2. The van der Waals surface area contributed by atoms with Crippen molar-refractivity contribution in [2.24, 2.45) is 0 Å². The quantitative estimate of drug-likeness (QED) is 0.634. The van der Waals surface area contributed by atoms with Gasteiger partial charge in [0.25, 0.3) is 5.91 Å². The number of rotatable bonds is 3. The minimum atomic E-state index is -0.969. The molecule has 0 N–H and O–H groups in total. The van der Waals surface area contributed by atoms with Gasteiger partial charge >= 0.3 is 0 Å². The van der Waals surface area contributed by atoms with Gasteiger partial charge in [0.2, 0.25) is 0 Å². The van der Waals surface area contributed by atoms with Crippen LogP contribution < -0.4 is 0 Å². The van der Waals surface area contributed by atoms with Crippen LogP contribution in [0.25, 0.3) is 11.3 Å². The Hall–Kier alpha value is -2.87. The molecule has 1 amide bonds. The number of thiophene rings is 1. The van der Waals surface area contributed by atoms with Crippen molar-refractivity contribution < 1.29 is 22.9 Å². The number of amides is 1. The van der Waals surface area contributed by atoms with Crippen LogP contribution in [-0.4, -0.2) is 28.3 Å². The van der Waals surface area contributed by atoms with Crippen LogP contribution in [0.3, 0.4) is 0 Å². The van der Waals surface area contributed by atoms with E-state index in [1.165, 1.54) is 24.3 Å². The van der Waals surface area contributed by atoms with E-state index in [1.54, 1.807) is 16.3 Å². The fourth-order valence-electron chi connectivity index (χ4n) is 3.07. The van der Waals surface area contributed by atoms with Crippen LogP contribution in [0.2, 0.25) is 0 Å². The topological polar surface area (TPSA) is 63.4 Å². The summed E-state index contributed by atoms with van der Waals surface area (Å²) >= 11 is 1.24. The first-order valence-electron chi connectivity index (χ1n) is 8.25. The van der Waals surface area contributed by atoms with E-state index < -0.39 is 11.6 Å². The summed E-state index contributed by atoms with van der Waals surface area (Å²) in [7, 11) is 0. The Morgan fingerprint density at radius 2 is 2.04 bits per heavy atom. The van der Waals surface area contributed by atoms with E-state index in [9.17, 15) is 18.4 Å². The monoisotopic (exact) mass is 388 g/mol. The molecule has 0 bridgehead atoms. The van der Waals surface area contributed by atoms with Crippen molar-refractivity contribution in [1.29, 1.82) is 0 Å². The Morgan fingerprint density at radius 1 is 1.22 bits per heavy atom. The number of benzene rings is 1. The van der Waals surface area contributed by atoms with Gasteiger partial charge in [0.1, 0.15) is 11.5 Å². The molecule has 1 aliphatic heterocycles. The first-order valence-corrected chi connectivity index (χ1v) is 9.13. The van der Waals surface area contributed by atoms with Crippen molar-refractivity contribution in [3.8, 4) is 11.3 Å². The van der Waals surface area contributed by atoms with Gasteiger partial charge < -0.3 is 9.42 Å². The van der Waals surface area contributed by atoms with Gasteiger partial charge in [0, 0.05) is 29.5 Å². The van der Waals surface area contributed by atoms with Crippen molar-refractivity contribution in [3.05, 3.63) is 63.0 Å². The minimum Gasteiger partial charge on any atom is -0.360 e. The molecule has 0 unspecified atom stereocenters. The summed E-state index contributed by atoms with van der Waals surface area (Å²) in [6, 6.07) is 5.11. The Labute approximate surface area is 157 Å². The van der Waals surface area contributed by atoms with E-state index in [0.29, 0.717) is 46.0 Å². The van der Waals surface area contributed by atoms with Gasteiger partial charge in [0.15, 0.2) is 17.4 Å². The van der Waals surface area contributed by atoms with E-state index in [1.807, 2.05) is 0 Å². The zero-order chi connectivity index (χ0) is 19.1. The Kier molecular flexibility index (Phi) is 4.35. The molecular weight excluding hydrogens is 374 g/mol. The first-order chi connectivity index (χ1) is 12.9. The van der Waals surface area contributed by atoms with Gasteiger partial charge in [-0.05, 0) is 31.2 Å².